The largest absolute Gasteiger partial charge is 0.458 e. The van der Waals surface area contributed by atoms with Crippen molar-refractivity contribution in [1.29, 1.82) is 0 Å². The van der Waals surface area contributed by atoms with Crippen LogP contribution in [0.2, 0.25) is 0 Å². The van der Waals surface area contributed by atoms with Crippen molar-refractivity contribution in [1.82, 2.24) is 0 Å². The van der Waals surface area contributed by atoms with Gasteiger partial charge in [-0.15, -0.1) is 0 Å². The lowest BCUT2D eigenvalue weighted by molar-refractivity contribution is -0.125. The molecule has 0 spiro atoms. The number of aryl methyl sites for hydroxylation is 1. The van der Waals surface area contributed by atoms with Gasteiger partial charge in [-0.3, -0.25) is 4.79 Å². The van der Waals surface area contributed by atoms with Gasteiger partial charge in [-0.25, -0.2) is 0 Å². The van der Waals surface area contributed by atoms with Crippen LogP contribution in [0.4, 0.5) is 0 Å². The maximum Gasteiger partial charge on any atom is 0.235 e. The summed E-state index contributed by atoms with van der Waals surface area (Å²) in [6, 6.07) is 5.63. The summed E-state index contributed by atoms with van der Waals surface area (Å²) < 4.78 is 5.41. The second-order valence-electron chi connectivity index (χ2n) is 4.24. The van der Waals surface area contributed by atoms with Crippen molar-refractivity contribution in [2.75, 3.05) is 0 Å². The first kappa shape index (κ1) is 10.9. The molecule has 1 aliphatic heterocycles. The summed E-state index contributed by atoms with van der Waals surface area (Å²) in [5.74, 6) is -1.12. The molecule has 1 aromatic rings. The van der Waals surface area contributed by atoms with E-state index in [9.17, 15) is 9.90 Å². The van der Waals surface area contributed by atoms with Gasteiger partial charge in [-0.05, 0) is 32.1 Å². The number of ether oxygens (including phenoxy) is 1. The Hall–Kier alpha value is -1.61. The quantitative estimate of drug-likeness (QED) is 0.784. The minimum absolute atomic E-state index is 0.183. The van der Waals surface area contributed by atoms with Crippen LogP contribution >= 0.6 is 0 Å². The lowest BCUT2D eigenvalue weighted by Crippen LogP contribution is -2.39. The van der Waals surface area contributed by atoms with E-state index in [2.05, 4.69) is 0 Å². The third kappa shape index (κ3) is 1.74. The van der Waals surface area contributed by atoms with Gasteiger partial charge in [-0.1, -0.05) is 11.6 Å². The van der Waals surface area contributed by atoms with Crippen molar-refractivity contribution in [3.63, 3.8) is 0 Å². The highest BCUT2D eigenvalue weighted by Crippen LogP contribution is 2.34. The molecule has 0 saturated carbocycles. The van der Waals surface area contributed by atoms with E-state index in [4.69, 9.17) is 4.74 Å². The molecule has 16 heavy (non-hydrogen) atoms. The molecule has 1 unspecified atom stereocenters. The standard InChI is InChI=1S/C13H14O3/c1-8-4-5-12-10(6-8)7-11(9(2)14)13(3,15)16-12/h4-7,15H,1-3H3. The summed E-state index contributed by atoms with van der Waals surface area (Å²) in [5, 5.41) is 10.0. The summed E-state index contributed by atoms with van der Waals surface area (Å²) in [4.78, 5) is 11.4. The molecule has 1 N–H and O–H groups in total. The molecule has 0 aromatic heterocycles. The zero-order valence-electron chi connectivity index (χ0n) is 9.57. The maximum absolute atomic E-state index is 11.4. The molecular formula is C13H14O3. The fourth-order valence-electron chi connectivity index (χ4n) is 1.86. The number of carbonyl (C=O) groups excluding carboxylic acids is 1. The number of Topliss-reactive ketones (excluding diaryl/α,β-unsaturated/α-hetero) is 1. The summed E-state index contributed by atoms with van der Waals surface area (Å²) in [6.07, 6.45) is 1.69. The number of carbonyl (C=O) groups is 1. The van der Waals surface area contributed by atoms with E-state index < -0.39 is 5.79 Å². The van der Waals surface area contributed by atoms with Gasteiger partial charge < -0.3 is 9.84 Å². The molecule has 84 valence electrons. The Morgan fingerprint density at radius 1 is 1.44 bits per heavy atom. The molecule has 1 aromatic carbocycles. The van der Waals surface area contributed by atoms with Gasteiger partial charge in [0.2, 0.25) is 5.79 Å². The van der Waals surface area contributed by atoms with Crippen LogP contribution in [0, 0.1) is 6.92 Å². The minimum atomic E-state index is -1.53. The monoisotopic (exact) mass is 218 g/mol. The molecule has 0 amide bonds. The third-order valence-corrected chi connectivity index (χ3v) is 2.65. The van der Waals surface area contributed by atoms with E-state index in [1.807, 2.05) is 19.1 Å². The van der Waals surface area contributed by atoms with E-state index >= 15 is 0 Å². The SMILES string of the molecule is CC(=O)C1=Cc2cc(C)ccc2OC1(C)O. The molecule has 3 nitrogen and oxygen atoms in total. The average Bonchev–Trinajstić information content (AvgIpc) is 2.16. The van der Waals surface area contributed by atoms with Crippen LogP contribution in [0.3, 0.4) is 0 Å². The van der Waals surface area contributed by atoms with Crippen LogP contribution in [0.1, 0.15) is 25.0 Å². The van der Waals surface area contributed by atoms with Gasteiger partial charge >= 0.3 is 0 Å². The highest BCUT2D eigenvalue weighted by atomic mass is 16.6. The fraction of sp³-hybridized carbons (Fsp3) is 0.308. The second-order valence-corrected chi connectivity index (χ2v) is 4.24. The predicted molar refractivity (Wildman–Crippen MR) is 61.1 cm³/mol. The Labute approximate surface area is 94.4 Å². The Balaban J connectivity index is 2.58. The maximum atomic E-state index is 11.4. The number of ketones is 1. The average molecular weight is 218 g/mol. The zero-order chi connectivity index (χ0) is 11.9. The Bertz CT molecular complexity index is 484. The molecule has 1 heterocycles. The first-order chi connectivity index (χ1) is 7.40. The Morgan fingerprint density at radius 3 is 2.75 bits per heavy atom. The van der Waals surface area contributed by atoms with E-state index in [0.717, 1.165) is 11.1 Å². The Morgan fingerprint density at radius 2 is 2.12 bits per heavy atom. The molecule has 1 atom stereocenters. The fourth-order valence-corrected chi connectivity index (χ4v) is 1.86. The van der Waals surface area contributed by atoms with Crippen LogP contribution in [-0.2, 0) is 4.79 Å². The zero-order valence-corrected chi connectivity index (χ0v) is 9.57. The smallest absolute Gasteiger partial charge is 0.235 e. The molecular weight excluding hydrogens is 204 g/mol. The van der Waals surface area contributed by atoms with Gasteiger partial charge in [0.1, 0.15) is 5.75 Å². The van der Waals surface area contributed by atoms with Crippen LogP contribution in [0.25, 0.3) is 6.08 Å². The van der Waals surface area contributed by atoms with Crippen molar-refractivity contribution in [2.45, 2.75) is 26.6 Å². The van der Waals surface area contributed by atoms with Crippen LogP contribution in [-0.4, -0.2) is 16.7 Å². The second kappa shape index (κ2) is 3.46. The molecule has 0 aliphatic carbocycles. The van der Waals surface area contributed by atoms with Crippen molar-refractivity contribution in [2.24, 2.45) is 0 Å². The summed E-state index contributed by atoms with van der Waals surface area (Å²) >= 11 is 0. The van der Waals surface area contributed by atoms with Crippen molar-refractivity contribution in [3.05, 3.63) is 34.9 Å². The molecule has 3 heteroatoms. The molecule has 1 aliphatic rings. The number of fused-ring (bicyclic) bond motifs is 1. The summed E-state index contributed by atoms with van der Waals surface area (Å²) in [7, 11) is 0. The van der Waals surface area contributed by atoms with E-state index in [0.29, 0.717) is 5.75 Å². The lowest BCUT2D eigenvalue weighted by atomic mass is 9.96. The van der Waals surface area contributed by atoms with Crippen molar-refractivity contribution in [3.8, 4) is 5.75 Å². The molecule has 2 rings (SSSR count). The number of benzene rings is 1. The topological polar surface area (TPSA) is 46.5 Å². The first-order valence-corrected chi connectivity index (χ1v) is 5.15. The molecule has 0 saturated heterocycles. The van der Waals surface area contributed by atoms with E-state index in [-0.39, 0.29) is 11.4 Å². The van der Waals surface area contributed by atoms with Gasteiger partial charge in [0.05, 0.1) is 5.57 Å². The van der Waals surface area contributed by atoms with Crippen molar-refractivity contribution < 1.29 is 14.6 Å². The summed E-state index contributed by atoms with van der Waals surface area (Å²) in [5.41, 5.74) is 2.20. The van der Waals surface area contributed by atoms with Crippen molar-refractivity contribution >= 4 is 11.9 Å². The molecule has 0 bridgehead atoms. The van der Waals surface area contributed by atoms with Gasteiger partial charge in [0.15, 0.2) is 5.78 Å². The highest BCUT2D eigenvalue weighted by Gasteiger charge is 2.35. The number of hydrogen-bond donors (Lipinski definition) is 1. The third-order valence-electron chi connectivity index (χ3n) is 2.65. The molecule has 0 fully saturated rings. The number of hydrogen-bond acceptors (Lipinski definition) is 3. The van der Waals surface area contributed by atoms with Crippen LogP contribution < -0.4 is 4.74 Å². The first-order valence-electron chi connectivity index (χ1n) is 5.15. The van der Waals surface area contributed by atoms with Gasteiger partial charge in [0, 0.05) is 12.5 Å². The summed E-state index contributed by atoms with van der Waals surface area (Å²) in [6.45, 7) is 4.86. The van der Waals surface area contributed by atoms with Crippen LogP contribution in [0.15, 0.2) is 23.8 Å². The van der Waals surface area contributed by atoms with E-state index in [1.54, 1.807) is 12.1 Å². The van der Waals surface area contributed by atoms with Crippen LogP contribution in [0.5, 0.6) is 5.75 Å². The van der Waals surface area contributed by atoms with E-state index in [1.165, 1.54) is 13.8 Å². The molecule has 0 radical (unpaired) electrons. The predicted octanol–water partition coefficient (Wildman–Crippen LogP) is 2.07. The Kier molecular flexibility index (Phi) is 2.35. The normalized spacial score (nSPS) is 23.1. The number of aliphatic hydroxyl groups is 1. The highest BCUT2D eigenvalue weighted by molar-refractivity contribution is 6.00. The van der Waals surface area contributed by atoms with Gasteiger partial charge in [0.25, 0.3) is 0 Å². The van der Waals surface area contributed by atoms with Gasteiger partial charge in [-0.2, -0.15) is 0 Å². The number of rotatable bonds is 1. The minimum Gasteiger partial charge on any atom is -0.458 e. The lowest BCUT2D eigenvalue weighted by Gasteiger charge is -2.31.